The fourth-order valence-corrected chi connectivity index (χ4v) is 1.65. The van der Waals surface area contributed by atoms with Gasteiger partial charge in [-0.05, 0) is 6.07 Å². The average Bonchev–Trinajstić information content (AvgIpc) is 2.28. The predicted molar refractivity (Wildman–Crippen MR) is 49.5 cm³/mol. The molecule has 14 heavy (non-hydrogen) atoms. The molecule has 0 saturated heterocycles. The zero-order valence-electron chi connectivity index (χ0n) is 7.53. The number of fused-ring (bicyclic) bond motifs is 1. The van der Waals surface area contributed by atoms with E-state index in [4.69, 9.17) is 15.3 Å². The van der Waals surface area contributed by atoms with Crippen LogP contribution in [-0.4, -0.2) is 6.61 Å². The number of hydrogen-bond donors (Lipinski definition) is 0. The van der Waals surface area contributed by atoms with Gasteiger partial charge in [0.05, 0.1) is 18.7 Å². The van der Waals surface area contributed by atoms with Crippen LogP contribution in [0.4, 0.5) is 0 Å². The van der Waals surface area contributed by atoms with Gasteiger partial charge in [-0.1, -0.05) is 18.2 Å². The Bertz CT molecular complexity index is 425. The van der Waals surface area contributed by atoms with Crippen LogP contribution in [0.15, 0.2) is 24.3 Å². The third-order valence-corrected chi connectivity index (χ3v) is 2.46. The maximum atomic E-state index is 9.06. The molecule has 0 N–H and O–H groups in total. The van der Waals surface area contributed by atoms with E-state index in [1.54, 1.807) is 12.1 Å². The highest BCUT2D eigenvalue weighted by molar-refractivity contribution is 5.49. The fraction of sp³-hybridized carbons (Fsp3) is 0.273. The van der Waals surface area contributed by atoms with Crippen molar-refractivity contribution < 1.29 is 4.74 Å². The normalized spacial score (nSPS) is 17.0. The molecule has 1 heterocycles. The Morgan fingerprint density at radius 1 is 1.21 bits per heavy atom. The van der Waals surface area contributed by atoms with Crippen LogP contribution in [0.3, 0.4) is 0 Å². The maximum Gasteiger partial charge on any atom is 0.175 e. The Balaban J connectivity index is 2.63. The molecule has 3 nitrogen and oxygen atoms in total. The smallest absolute Gasteiger partial charge is 0.175 e. The SMILES string of the molecule is N#CC1(C#N)CCOc2ccccc21. The van der Waals surface area contributed by atoms with E-state index in [0.29, 0.717) is 24.3 Å². The number of benzene rings is 1. The van der Waals surface area contributed by atoms with Crippen molar-refractivity contribution in [1.82, 2.24) is 0 Å². The molecular formula is C11H8N2O. The summed E-state index contributed by atoms with van der Waals surface area (Å²) in [6.45, 7) is 0.429. The molecule has 1 aliphatic rings. The van der Waals surface area contributed by atoms with Crippen molar-refractivity contribution in [2.75, 3.05) is 6.61 Å². The molecular weight excluding hydrogens is 176 g/mol. The minimum absolute atomic E-state index is 0.429. The first-order chi connectivity index (χ1) is 6.82. The molecule has 0 spiro atoms. The summed E-state index contributed by atoms with van der Waals surface area (Å²) >= 11 is 0. The zero-order chi connectivity index (χ0) is 10.0. The monoisotopic (exact) mass is 184 g/mol. The summed E-state index contributed by atoms with van der Waals surface area (Å²) in [4.78, 5) is 0. The Kier molecular flexibility index (Phi) is 1.87. The van der Waals surface area contributed by atoms with Gasteiger partial charge in [-0.15, -0.1) is 0 Å². The lowest BCUT2D eigenvalue weighted by molar-refractivity contribution is 0.262. The van der Waals surface area contributed by atoms with Crippen molar-refractivity contribution in [3.8, 4) is 17.9 Å². The average molecular weight is 184 g/mol. The lowest BCUT2D eigenvalue weighted by Crippen LogP contribution is -2.29. The van der Waals surface area contributed by atoms with Crippen LogP contribution in [0, 0.1) is 22.7 Å². The van der Waals surface area contributed by atoms with Crippen molar-refractivity contribution >= 4 is 0 Å². The molecule has 0 atom stereocenters. The van der Waals surface area contributed by atoms with Crippen molar-refractivity contribution in [3.63, 3.8) is 0 Å². The fourth-order valence-electron chi connectivity index (χ4n) is 1.65. The van der Waals surface area contributed by atoms with Crippen molar-refractivity contribution in [2.45, 2.75) is 11.8 Å². The summed E-state index contributed by atoms with van der Waals surface area (Å²) in [6.07, 6.45) is 0.441. The van der Waals surface area contributed by atoms with E-state index in [-0.39, 0.29) is 0 Å². The molecule has 0 unspecified atom stereocenters. The van der Waals surface area contributed by atoms with E-state index in [9.17, 15) is 0 Å². The minimum atomic E-state index is -1.02. The van der Waals surface area contributed by atoms with E-state index >= 15 is 0 Å². The van der Waals surface area contributed by atoms with E-state index in [2.05, 4.69) is 12.1 Å². The van der Waals surface area contributed by atoms with Crippen LogP contribution in [0.25, 0.3) is 0 Å². The molecule has 0 aliphatic carbocycles. The quantitative estimate of drug-likeness (QED) is 0.617. The van der Waals surface area contributed by atoms with Gasteiger partial charge in [0.15, 0.2) is 5.41 Å². The van der Waals surface area contributed by atoms with Crippen LogP contribution in [0.1, 0.15) is 12.0 Å². The molecule has 1 aliphatic heterocycles. The largest absolute Gasteiger partial charge is 0.493 e. The van der Waals surface area contributed by atoms with Crippen LogP contribution in [-0.2, 0) is 5.41 Å². The van der Waals surface area contributed by atoms with Crippen LogP contribution in [0.5, 0.6) is 5.75 Å². The molecule has 0 amide bonds. The summed E-state index contributed by atoms with van der Waals surface area (Å²) in [5.41, 5.74) is -0.328. The molecule has 1 aromatic rings. The van der Waals surface area contributed by atoms with Gasteiger partial charge in [0.25, 0.3) is 0 Å². The molecule has 0 fully saturated rings. The Morgan fingerprint density at radius 3 is 2.64 bits per heavy atom. The Hall–Kier alpha value is -2.00. The minimum Gasteiger partial charge on any atom is -0.493 e. The van der Waals surface area contributed by atoms with E-state index in [0.717, 1.165) is 0 Å². The first-order valence-electron chi connectivity index (χ1n) is 4.37. The van der Waals surface area contributed by atoms with Crippen LogP contribution in [0.2, 0.25) is 0 Å². The number of para-hydroxylation sites is 1. The second-order valence-electron chi connectivity index (χ2n) is 3.22. The molecule has 1 aromatic carbocycles. The summed E-state index contributed by atoms with van der Waals surface area (Å²) in [7, 11) is 0. The van der Waals surface area contributed by atoms with Gasteiger partial charge >= 0.3 is 0 Å². The number of nitriles is 2. The first kappa shape index (κ1) is 8.59. The number of hydrogen-bond acceptors (Lipinski definition) is 3. The van der Waals surface area contributed by atoms with E-state index < -0.39 is 5.41 Å². The van der Waals surface area contributed by atoms with Crippen molar-refractivity contribution in [1.29, 1.82) is 10.5 Å². The van der Waals surface area contributed by atoms with Gasteiger partial charge in [0, 0.05) is 12.0 Å². The molecule has 68 valence electrons. The van der Waals surface area contributed by atoms with Gasteiger partial charge < -0.3 is 4.74 Å². The van der Waals surface area contributed by atoms with Gasteiger partial charge in [-0.2, -0.15) is 10.5 Å². The summed E-state index contributed by atoms with van der Waals surface area (Å²) < 4.78 is 5.38. The Labute approximate surface area is 82.1 Å². The van der Waals surface area contributed by atoms with E-state index in [1.807, 2.05) is 12.1 Å². The molecule has 0 aromatic heterocycles. The Morgan fingerprint density at radius 2 is 1.93 bits per heavy atom. The molecule has 2 rings (SSSR count). The van der Waals surface area contributed by atoms with E-state index in [1.165, 1.54) is 0 Å². The predicted octanol–water partition coefficient (Wildman–Crippen LogP) is 1.75. The standard InChI is InChI=1S/C11H8N2O/c12-7-11(8-13)5-6-14-10-4-2-1-3-9(10)11/h1-4H,5-6H2. The maximum absolute atomic E-state index is 9.06. The van der Waals surface area contributed by atoms with Gasteiger partial charge in [0.1, 0.15) is 5.75 Å². The van der Waals surface area contributed by atoms with Gasteiger partial charge in [-0.3, -0.25) is 0 Å². The number of nitrogens with zero attached hydrogens (tertiary/aromatic N) is 2. The third-order valence-electron chi connectivity index (χ3n) is 2.46. The second-order valence-corrected chi connectivity index (χ2v) is 3.22. The lowest BCUT2D eigenvalue weighted by atomic mass is 9.79. The lowest BCUT2D eigenvalue weighted by Gasteiger charge is -2.27. The highest BCUT2D eigenvalue weighted by Gasteiger charge is 2.38. The summed E-state index contributed by atoms with van der Waals surface area (Å²) in [5, 5.41) is 18.1. The highest BCUT2D eigenvalue weighted by Crippen LogP contribution is 2.37. The van der Waals surface area contributed by atoms with Crippen LogP contribution < -0.4 is 4.74 Å². The molecule has 0 radical (unpaired) electrons. The first-order valence-corrected chi connectivity index (χ1v) is 4.37. The van der Waals surface area contributed by atoms with Crippen molar-refractivity contribution in [3.05, 3.63) is 29.8 Å². The van der Waals surface area contributed by atoms with Gasteiger partial charge in [-0.25, -0.2) is 0 Å². The molecule has 0 bridgehead atoms. The molecule has 0 saturated carbocycles. The van der Waals surface area contributed by atoms with Crippen LogP contribution >= 0.6 is 0 Å². The number of ether oxygens (including phenoxy) is 1. The zero-order valence-corrected chi connectivity index (χ0v) is 7.53. The summed E-state index contributed by atoms with van der Waals surface area (Å²) in [6, 6.07) is 11.4. The highest BCUT2D eigenvalue weighted by atomic mass is 16.5. The topological polar surface area (TPSA) is 56.8 Å². The van der Waals surface area contributed by atoms with Gasteiger partial charge in [0.2, 0.25) is 0 Å². The number of rotatable bonds is 0. The summed E-state index contributed by atoms with van der Waals surface area (Å²) in [5.74, 6) is 0.654. The third kappa shape index (κ3) is 1.03. The second kappa shape index (κ2) is 3.05. The molecule has 3 heteroatoms. The van der Waals surface area contributed by atoms with Crippen molar-refractivity contribution in [2.24, 2.45) is 0 Å².